The average molecular weight is 244 g/mol. The molecule has 0 aliphatic rings. The third-order valence-corrected chi connectivity index (χ3v) is 2.72. The molecule has 1 unspecified atom stereocenters. The van der Waals surface area contributed by atoms with E-state index in [9.17, 15) is 9.59 Å². The minimum absolute atomic E-state index is 0.0412. The van der Waals surface area contributed by atoms with Gasteiger partial charge in [0.15, 0.2) is 0 Å². The first-order chi connectivity index (χ1) is 8.10. The van der Waals surface area contributed by atoms with Gasteiger partial charge in [0.2, 0.25) is 0 Å². The van der Waals surface area contributed by atoms with Crippen LogP contribution in [-0.4, -0.2) is 30.2 Å². The van der Waals surface area contributed by atoms with Crippen LogP contribution in [0.1, 0.15) is 46.0 Å². The van der Waals surface area contributed by atoms with Gasteiger partial charge in [-0.1, -0.05) is 33.1 Å². The molecule has 0 spiro atoms. The number of unbranched alkanes of at least 4 members (excludes halogenated alkanes) is 1. The Kier molecular flexibility index (Phi) is 9.19. The lowest BCUT2D eigenvalue weighted by atomic mass is 9.99. The first-order valence-corrected chi connectivity index (χ1v) is 6.33. The van der Waals surface area contributed by atoms with E-state index in [0.717, 1.165) is 12.8 Å². The molecule has 0 fully saturated rings. The summed E-state index contributed by atoms with van der Waals surface area (Å²) < 4.78 is 0. The molecular formula is C12H24N2O3. The molecule has 0 heterocycles. The second-order valence-corrected chi connectivity index (χ2v) is 4.20. The summed E-state index contributed by atoms with van der Waals surface area (Å²) in [5.74, 6) is -0.389. The Morgan fingerprint density at radius 3 is 2.47 bits per heavy atom. The third kappa shape index (κ3) is 9.66. The minimum Gasteiger partial charge on any atom is -0.481 e. The monoisotopic (exact) mass is 244 g/mol. The maximum atomic E-state index is 11.3. The predicted octanol–water partition coefficient (Wildman–Crippen LogP) is 1.98. The van der Waals surface area contributed by atoms with E-state index in [2.05, 4.69) is 24.5 Å². The molecule has 5 heteroatoms. The van der Waals surface area contributed by atoms with E-state index >= 15 is 0 Å². The summed E-state index contributed by atoms with van der Waals surface area (Å²) >= 11 is 0. The van der Waals surface area contributed by atoms with Crippen LogP contribution >= 0.6 is 0 Å². The molecule has 0 saturated heterocycles. The van der Waals surface area contributed by atoms with E-state index in [4.69, 9.17) is 5.11 Å². The van der Waals surface area contributed by atoms with Crippen LogP contribution in [0.25, 0.3) is 0 Å². The Balaban J connectivity index is 3.62. The van der Waals surface area contributed by atoms with Crippen LogP contribution in [0, 0.1) is 5.92 Å². The topological polar surface area (TPSA) is 78.4 Å². The van der Waals surface area contributed by atoms with Gasteiger partial charge < -0.3 is 15.7 Å². The number of amides is 2. The van der Waals surface area contributed by atoms with E-state index in [0.29, 0.717) is 12.5 Å². The lowest BCUT2D eigenvalue weighted by Crippen LogP contribution is -2.39. The molecule has 1 atom stereocenters. The highest BCUT2D eigenvalue weighted by Gasteiger charge is 2.08. The van der Waals surface area contributed by atoms with Crippen LogP contribution in [0.4, 0.5) is 4.79 Å². The molecule has 0 bridgehead atoms. The Bertz CT molecular complexity index is 232. The Morgan fingerprint density at radius 1 is 1.24 bits per heavy atom. The molecule has 100 valence electrons. The lowest BCUT2D eigenvalue weighted by Gasteiger charge is -2.15. The van der Waals surface area contributed by atoms with Crippen molar-refractivity contribution in [3.05, 3.63) is 0 Å². The number of urea groups is 1. The molecule has 17 heavy (non-hydrogen) atoms. The first kappa shape index (κ1) is 15.7. The molecule has 0 saturated carbocycles. The van der Waals surface area contributed by atoms with Crippen molar-refractivity contribution in [2.45, 2.75) is 46.0 Å². The summed E-state index contributed by atoms with van der Waals surface area (Å²) in [6.07, 6.45) is 4.49. The summed E-state index contributed by atoms with van der Waals surface area (Å²) in [6.45, 7) is 5.10. The van der Waals surface area contributed by atoms with E-state index in [1.807, 2.05) is 0 Å². The van der Waals surface area contributed by atoms with Crippen molar-refractivity contribution in [2.24, 2.45) is 5.92 Å². The zero-order valence-electron chi connectivity index (χ0n) is 10.8. The van der Waals surface area contributed by atoms with Gasteiger partial charge in [-0.05, 0) is 12.3 Å². The van der Waals surface area contributed by atoms with E-state index in [-0.39, 0.29) is 19.0 Å². The van der Waals surface area contributed by atoms with Crippen molar-refractivity contribution in [3.8, 4) is 0 Å². The number of rotatable bonds is 9. The summed E-state index contributed by atoms with van der Waals surface area (Å²) in [7, 11) is 0. The zero-order valence-corrected chi connectivity index (χ0v) is 10.8. The maximum Gasteiger partial charge on any atom is 0.314 e. The van der Waals surface area contributed by atoms with Gasteiger partial charge in [0.05, 0.1) is 6.42 Å². The fourth-order valence-corrected chi connectivity index (χ4v) is 1.53. The minimum atomic E-state index is -0.903. The number of nitrogens with one attached hydrogen (secondary N) is 2. The number of hydrogen-bond acceptors (Lipinski definition) is 2. The predicted molar refractivity (Wildman–Crippen MR) is 67.0 cm³/mol. The molecule has 0 aromatic heterocycles. The quantitative estimate of drug-likeness (QED) is 0.580. The SMILES string of the molecule is CCCCC(CC)CNC(=O)NCCC(=O)O. The molecular weight excluding hydrogens is 220 g/mol. The van der Waals surface area contributed by atoms with Crippen LogP contribution in [0.2, 0.25) is 0 Å². The van der Waals surface area contributed by atoms with E-state index in [1.165, 1.54) is 12.8 Å². The first-order valence-electron chi connectivity index (χ1n) is 6.33. The van der Waals surface area contributed by atoms with Crippen LogP contribution in [0.5, 0.6) is 0 Å². The van der Waals surface area contributed by atoms with Gasteiger partial charge in [0.25, 0.3) is 0 Å². The molecule has 0 aliphatic carbocycles. The molecule has 3 N–H and O–H groups in total. The van der Waals surface area contributed by atoms with Crippen LogP contribution < -0.4 is 10.6 Å². The molecule has 0 aliphatic heterocycles. The van der Waals surface area contributed by atoms with Crippen LogP contribution in [0.3, 0.4) is 0 Å². The molecule has 0 aromatic rings. The fourth-order valence-electron chi connectivity index (χ4n) is 1.53. The fraction of sp³-hybridized carbons (Fsp3) is 0.833. The molecule has 0 radical (unpaired) electrons. The normalized spacial score (nSPS) is 11.9. The van der Waals surface area contributed by atoms with Gasteiger partial charge in [-0.15, -0.1) is 0 Å². The van der Waals surface area contributed by atoms with Gasteiger partial charge in [-0.25, -0.2) is 4.79 Å². The number of carbonyl (C=O) groups is 2. The zero-order chi connectivity index (χ0) is 13.1. The van der Waals surface area contributed by atoms with Crippen molar-refractivity contribution in [1.82, 2.24) is 10.6 Å². The van der Waals surface area contributed by atoms with Gasteiger partial charge >= 0.3 is 12.0 Å². The number of aliphatic carboxylic acids is 1. The summed E-state index contributed by atoms with van der Waals surface area (Å²) in [5.41, 5.74) is 0. The van der Waals surface area contributed by atoms with Crippen molar-refractivity contribution in [2.75, 3.05) is 13.1 Å². The third-order valence-electron chi connectivity index (χ3n) is 2.72. The maximum absolute atomic E-state index is 11.3. The highest BCUT2D eigenvalue weighted by Crippen LogP contribution is 2.10. The number of carboxylic acid groups (broad SMARTS) is 1. The Hall–Kier alpha value is -1.26. The van der Waals surface area contributed by atoms with Crippen molar-refractivity contribution in [3.63, 3.8) is 0 Å². The second-order valence-electron chi connectivity index (χ2n) is 4.20. The molecule has 0 aromatic carbocycles. The lowest BCUT2D eigenvalue weighted by molar-refractivity contribution is -0.136. The summed E-state index contributed by atoms with van der Waals surface area (Å²) in [6, 6.07) is -0.277. The highest BCUT2D eigenvalue weighted by molar-refractivity contribution is 5.74. The molecule has 0 rings (SSSR count). The molecule has 2 amide bonds. The molecule has 5 nitrogen and oxygen atoms in total. The number of hydrogen-bond donors (Lipinski definition) is 3. The summed E-state index contributed by atoms with van der Waals surface area (Å²) in [5, 5.41) is 13.7. The second kappa shape index (κ2) is 9.93. The number of carbonyl (C=O) groups excluding carboxylic acids is 1. The van der Waals surface area contributed by atoms with Crippen LogP contribution in [-0.2, 0) is 4.79 Å². The van der Waals surface area contributed by atoms with E-state index in [1.54, 1.807) is 0 Å². The van der Waals surface area contributed by atoms with Crippen molar-refractivity contribution < 1.29 is 14.7 Å². The van der Waals surface area contributed by atoms with Crippen LogP contribution in [0.15, 0.2) is 0 Å². The smallest absolute Gasteiger partial charge is 0.314 e. The van der Waals surface area contributed by atoms with Gasteiger partial charge in [-0.3, -0.25) is 4.79 Å². The Morgan fingerprint density at radius 2 is 1.94 bits per heavy atom. The standard InChI is InChI=1S/C12H24N2O3/c1-3-5-6-10(4-2)9-14-12(17)13-8-7-11(15)16/h10H,3-9H2,1-2H3,(H,15,16)(H2,13,14,17). The van der Waals surface area contributed by atoms with E-state index < -0.39 is 5.97 Å². The summed E-state index contributed by atoms with van der Waals surface area (Å²) in [4.78, 5) is 21.5. The van der Waals surface area contributed by atoms with Gasteiger partial charge in [-0.2, -0.15) is 0 Å². The van der Waals surface area contributed by atoms with Gasteiger partial charge in [0, 0.05) is 13.1 Å². The van der Waals surface area contributed by atoms with Gasteiger partial charge in [0.1, 0.15) is 0 Å². The Labute approximate surface area is 103 Å². The average Bonchev–Trinajstić information content (AvgIpc) is 2.29. The van der Waals surface area contributed by atoms with Crippen molar-refractivity contribution >= 4 is 12.0 Å². The number of carboxylic acids is 1. The van der Waals surface area contributed by atoms with Crippen molar-refractivity contribution in [1.29, 1.82) is 0 Å². The largest absolute Gasteiger partial charge is 0.481 e. The highest BCUT2D eigenvalue weighted by atomic mass is 16.4.